The molecule has 1 aliphatic heterocycles. The molecule has 0 unspecified atom stereocenters. The van der Waals surface area contributed by atoms with Crippen LogP contribution in [0.25, 0.3) is 10.9 Å². The van der Waals surface area contributed by atoms with Crippen LogP contribution in [0.3, 0.4) is 0 Å². The van der Waals surface area contributed by atoms with Gasteiger partial charge in [0.05, 0.1) is 5.56 Å². The minimum absolute atomic E-state index is 0.457. The lowest BCUT2D eigenvalue weighted by Crippen LogP contribution is -2.37. The molecule has 2 aromatic heterocycles. The molecule has 0 amide bonds. The van der Waals surface area contributed by atoms with Gasteiger partial charge < -0.3 is 15.0 Å². The summed E-state index contributed by atoms with van der Waals surface area (Å²) in [4.78, 5) is 23.4. The van der Waals surface area contributed by atoms with Gasteiger partial charge in [-0.25, -0.2) is 4.98 Å². The number of hydrogen-bond acceptors (Lipinski definition) is 4. The zero-order valence-corrected chi connectivity index (χ0v) is 17.0. The van der Waals surface area contributed by atoms with E-state index >= 15 is 0 Å². The normalized spacial score (nSPS) is 17.0. The molecule has 164 valence electrons. The number of benzene rings is 1. The number of carboxylic acids is 1. The summed E-state index contributed by atoms with van der Waals surface area (Å²) in [5, 5.41) is 11.0. The first-order valence-corrected chi connectivity index (χ1v) is 10.1. The number of carboxylic acid groups (broad SMARTS) is 1. The molecule has 3 aromatic rings. The maximum Gasteiger partial charge on any atom is 0.417 e. The van der Waals surface area contributed by atoms with E-state index in [0.717, 1.165) is 34.4 Å². The predicted molar refractivity (Wildman–Crippen MR) is 111 cm³/mol. The summed E-state index contributed by atoms with van der Waals surface area (Å²) in [7, 11) is 0. The Morgan fingerprint density at radius 1 is 1.13 bits per heavy atom. The third-order valence-electron chi connectivity index (χ3n) is 5.75. The van der Waals surface area contributed by atoms with Crippen molar-refractivity contribution in [3.8, 4) is 0 Å². The number of nitrogens with zero attached hydrogens (tertiary/aromatic N) is 3. The fourth-order valence-corrected chi connectivity index (χ4v) is 4.28. The van der Waals surface area contributed by atoms with Crippen LogP contribution in [0.15, 0.2) is 42.6 Å². The van der Waals surface area contributed by atoms with Crippen molar-refractivity contribution in [2.75, 3.05) is 31.1 Å². The Hall–Kier alpha value is -3.07. The summed E-state index contributed by atoms with van der Waals surface area (Å²) in [6.07, 6.45) is -2.91. The highest BCUT2D eigenvalue weighted by Gasteiger charge is 2.33. The Labute approximate surface area is 177 Å². The molecule has 1 atom stereocenters. The molecule has 1 fully saturated rings. The first-order valence-electron chi connectivity index (χ1n) is 10.1. The number of aromatic amines is 1. The Kier molecular flexibility index (Phi) is 5.62. The quantitative estimate of drug-likeness (QED) is 0.646. The molecule has 31 heavy (non-hydrogen) atoms. The van der Waals surface area contributed by atoms with Crippen molar-refractivity contribution in [3.05, 3.63) is 59.4 Å². The molecule has 0 aliphatic carbocycles. The number of hydrogen-bond donors (Lipinski definition) is 2. The van der Waals surface area contributed by atoms with Crippen molar-refractivity contribution < 1.29 is 23.1 Å². The summed E-state index contributed by atoms with van der Waals surface area (Å²) in [6, 6.07) is 9.22. The molecule has 0 spiro atoms. The van der Waals surface area contributed by atoms with E-state index < -0.39 is 23.8 Å². The second kappa shape index (κ2) is 8.22. The molecule has 6 nitrogen and oxygen atoms in total. The number of H-pyrrole nitrogens is 1. The second-order valence-corrected chi connectivity index (χ2v) is 7.73. The molecule has 4 rings (SSSR count). The highest BCUT2D eigenvalue weighted by molar-refractivity contribution is 5.90. The van der Waals surface area contributed by atoms with Gasteiger partial charge >= 0.3 is 12.1 Å². The fourth-order valence-electron chi connectivity index (χ4n) is 4.28. The number of rotatable bonds is 4. The van der Waals surface area contributed by atoms with Gasteiger partial charge in [0.25, 0.3) is 0 Å². The number of nitrogens with one attached hydrogen (secondary N) is 1. The van der Waals surface area contributed by atoms with Gasteiger partial charge in [-0.05, 0) is 31.5 Å². The van der Waals surface area contributed by atoms with Crippen molar-refractivity contribution in [2.45, 2.75) is 25.6 Å². The number of anilines is 1. The van der Waals surface area contributed by atoms with Crippen molar-refractivity contribution >= 4 is 22.7 Å². The maximum atomic E-state index is 12.8. The van der Waals surface area contributed by atoms with Crippen molar-refractivity contribution in [3.63, 3.8) is 0 Å². The molecular weight excluding hydrogens is 409 g/mol. The summed E-state index contributed by atoms with van der Waals surface area (Å²) in [5.41, 5.74) is 1.68. The summed E-state index contributed by atoms with van der Waals surface area (Å²) >= 11 is 0. The molecule has 0 radical (unpaired) electrons. The number of halogens is 3. The van der Waals surface area contributed by atoms with Crippen LogP contribution in [-0.2, 0) is 11.0 Å². The van der Waals surface area contributed by atoms with Crippen molar-refractivity contribution in [1.29, 1.82) is 0 Å². The SMILES string of the molecule is Cc1[nH]c2ccccc2c1[C@H](C(=O)O)N1CCCN(c2ccc(C(F)(F)F)cn2)CC1. The number of pyridine rings is 1. The van der Waals surface area contributed by atoms with Crippen LogP contribution in [0, 0.1) is 6.92 Å². The van der Waals surface area contributed by atoms with Crippen LogP contribution in [0.1, 0.15) is 29.3 Å². The van der Waals surface area contributed by atoms with E-state index in [1.54, 1.807) is 0 Å². The largest absolute Gasteiger partial charge is 0.480 e. The van der Waals surface area contributed by atoms with Crippen molar-refractivity contribution in [1.82, 2.24) is 14.9 Å². The summed E-state index contributed by atoms with van der Waals surface area (Å²) in [6.45, 7) is 3.96. The van der Waals surface area contributed by atoms with Crippen LogP contribution in [0.2, 0.25) is 0 Å². The minimum Gasteiger partial charge on any atom is -0.480 e. The fraction of sp³-hybridized carbons (Fsp3) is 0.364. The zero-order chi connectivity index (χ0) is 22.2. The van der Waals surface area contributed by atoms with E-state index in [1.165, 1.54) is 6.07 Å². The lowest BCUT2D eigenvalue weighted by atomic mass is 10.0. The van der Waals surface area contributed by atoms with Crippen LogP contribution >= 0.6 is 0 Å². The Morgan fingerprint density at radius 3 is 2.58 bits per heavy atom. The van der Waals surface area contributed by atoms with Crippen LogP contribution < -0.4 is 4.90 Å². The van der Waals surface area contributed by atoms with Gasteiger partial charge in [0, 0.05) is 54.5 Å². The van der Waals surface area contributed by atoms with Gasteiger partial charge in [-0.1, -0.05) is 18.2 Å². The number of aliphatic carboxylic acids is 1. The van der Waals surface area contributed by atoms with E-state index in [9.17, 15) is 23.1 Å². The Balaban J connectivity index is 1.56. The monoisotopic (exact) mass is 432 g/mol. The Morgan fingerprint density at radius 2 is 1.90 bits per heavy atom. The van der Waals surface area contributed by atoms with Crippen LogP contribution in [0.4, 0.5) is 19.0 Å². The average molecular weight is 432 g/mol. The number of fused-ring (bicyclic) bond motifs is 1. The third-order valence-corrected chi connectivity index (χ3v) is 5.75. The number of aryl methyl sites for hydroxylation is 1. The van der Waals surface area contributed by atoms with Gasteiger partial charge in [-0.2, -0.15) is 13.2 Å². The van der Waals surface area contributed by atoms with Gasteiger partial charge in [-0.15, -0.1) is 0 Å². The van der Waals surface area contributed by atoms with E-state index in [4.69, 9.17) is 0 Å². The molecule has 2 N–H and O–H groups in total. The van der Waals surface area contributed by atoms with E-state index in [-0.39, 0.29) is 0 Å². The second-order valence-electron chi connectivity index (χ2n) is 7.73. The van der Waals surface area contributed by atoms with Crippen LogP contribution in [0.5, 0.6) is 0 Å². The number of alkyl halides is 3. The third kappa shape index (κ3) is 4.23. The lowest BCUT2D eigenvalue weighted by molar-refractivity contribution is -0.143. The van der Waals surface area contributed by atoms with Gasteiger partial charge in [0.1, 0.15) is 11.9 Å². The van der Waals surface area contributed by atoms with E-state index in [2.05, 4.69) is 9.97 Å². The topological polar surface area (TPSA) is 72.5 Å². The molecule has 1 aliphatic rings. The molecule has 9 heteroatoms. The number of para-hydroxylation sites is 1. The van der Waals surface area contributed by atoms with E-state index in [0.29, 0.717) is 38.4 Å². The lowest BCUT2D eigenvalue weighted by Gasteiger charge is -2.28. The average Bonchev–Trinajstić information content (AvgIpc) is 2.89. The number of carbonyl (C=O) groups is 1. The Bertz CT molecular complexity index is 1080. The molecule has 1 saturated heterocycles. The smallest absolute Gasteiger partial charge is 0.417 e. The highest BCUT2D eigenvalue weighted by atomic mass is 19.4. The molecule has 1 aromatic carbocycles. The molecule has 0 bridgehead atoms. The highest BCUT2D eigenvalue weighted by Crippen LogP contribution is 2.33. The van der Waals surface area contributed by atoms with Crippen molar-refractivity contribution in [2.24, 2.45) is 0 Å². The summed E-state index contributed by atoms with van der Waals surface area (Å²) < 4.78 is 38.4. The van der Waals surface area contributed by atoms with Crippen LogP contribution in [-0.4, -0.2) is 52.1 Å². The minimum atomic E-state index is -4.42. The molecule has 3 heterocycles. The maximum absolute atomic E-state index is 12.8. The first kappa shape index (κ1) is 21.2. The predicted octanol–water partition coefficient (Wildman–Crippen LogP) is 4.23. The van der Waals surface area contributed by atoms with Gasteiger partial charge in [-0.3, -0.25) is 9.69 Å². The zero-order valence-electron chi connectivity index (χ0n) is 17.0. The number of aromatic nitrogens is 2. The van der Waals surface area contributed by atoms with E-state index in [1.807, 2.05) is 41.0 Å². The first-order chi connectivity index (χ1) is 14.8. The molecular formula is C22H23F3N4O2. The molecule has 0 saturated carbocycles. The standard InChI is InChI=1S/C22H23F3N4O2/c1-14-19(16-5-2-3-6-17(16)27-14)20(21(30)31)29-10-4-9-28(11-12-29)18-8-7-15(13-26-18)22(23,24)25/h2-3,5-8,13,20,27H,4,9-12H2,1H3,(H,30,31)/t20-/m1/s1. The summed E-state index contributed by atoms with van der Waals surface area (Å²) in [5.74, 6) is -0.459. The van der Waals surface area contributed by atoms with Gasteiger partial charge in [0.2, 0.25) is 0 Å². The van der Waals surface area contributed by atoms with Gasteiger partial charge in [0.15, 0.2) is 0 Å².